The van der Waals surface area contributed by atoms with E-state index in [-0.39, 0.29) is 4.90 Å². The molecule has 0 radical (unpaired) electrons. The van der Waals surface area contributed by atoms with Crippen LogP contribution < -0.4 is 0 Å². The molecule has 0 heterocycles. The summed E-state index contributed by atoms with van der Waals surface area (Å²) in [5.74, 6) is 0.383. The molecule has 0 aromatic heterocycles. The average molecular weight is 263 g/mol. The van der Waals surface area contributed by atoms with Gasteiger partial charge in [-0.05, 0) is 30.9 Å². The van der Waals surface area contributed by atoms with E-state index >= 15 is 0 Å². The first-order chi connectivity index (χ1) is 8.55. The third-order valence-corrected chi connectivity index (χ3v) is 6.05. The molecule has 2 rings (SSSR count). The molecule has 0 saturated heterocycles. The van der Waals surface area contributed by atoms with E-state index in [4.69, 9.17) is 0 Å². The molecule has 1 fully saturated rings. The number of nitrogens with zero attached hydrogens (tertiary/aromatic N) is 1. The zero-order valence-electron chi connectivity index (χ0n) is 10.5. The lowest BCUT2D eigenvalue weighted by Gasteiger charge is -2.41. The van der Waals surface area contributed by atoms with E-state index < -0.39 is 14.6 Å². The number of benzene rings is 1. The molecule has 1 aromatic carbocycles. The highest BCUT2D eigenvalue weighted by Gasteiger charge is 2.54. The Morgan fingerprint density at radius 1 is 1.33 bits per heavy atom. The number of nitriles is 1. The maximum absolute atomic E-state index is 12.5. The number of hydrogen-bond donors (Lipinski definition) is 0. The summed E-state index contributed by atoms with van der Waals surface area (Å²) < 4.78 is 23.8. The quantitative estimate of drug-likeness (QED) is 0.839. The van der Waals surface area contributed by atoms with Gasteiger partial charge in [-0.15, -0.1) is 0 Å². The molecule has 0 atom stereocenters. The summed E-state index contributed by atoms with van der Waals surface area (Å²) in [6.07, 6.45) is 3.01. The Morgan fingerprint density at radius 3 is 2.44 bits per heavy atom. The van der Waals surface area contributed by atoms with Crippen molar-refractivity contribution in [1.29, 1.82) is 5.26 Å². The molecule has 1 aromatic rings. The van der Waals surface area contributed by atoms with Crippen LogP contribution in [0.4, 0.5) is 0 Å². The van der Waals surface area contributed by atoms with Crippen LogP contribution in [0.2, 0.25) is 0 Å². The summed E-state index contributed by atoms with van der Waals surface area (Å²) in [6.45, 7) is 2.08. The van der Waals surface area contributed by atoms with Crippen molar-refractivity contribution in [2.45, 2.75) is 42.2 Å². The van der Waals surface area contributed by atoms with Crippen molar-refractivity contribution in [2.75, 3.05) is 0 Å². The second-order valence-corrected chi connectivity index (χ2v) is 7.25. The van der Waals surface area contributed by atoms with Crippen molar-refractivity contribution in [3.8, 4) is 6.07 Å². The van der Waals surface area contributed by atoms with Crippen LogP contribution in [0.5, 0.6) is 0 Å². The standard InChI is InChI=1S/C14H17NO2S/c1-2-6-12-9-14(10-12,11-15)18(16,17)13-7-4-3-5-8-13/h3-5,7-8,12H,2,6,9-10H2,1H3. The highest BCUT2D eigenvalue weighted by atomic mass is 32.2. The van der Waals surface area contributed by atoms with E-state index in [9.17, 15) is 13.7 Å². The lowest BCUT2D eigenvalue weighted by molar-refractivity contribution is 0.247. The van der Waals surface area contributed by atoms with Gasteiger partial charge in [0, 0.05) is 0 Å². The number of sulfone groups is 1. The van der Waals surface area contributed by atoms with Crippen molar-refractivity contribution in [1.82, 2.24) is 0 Å². The number of rotatable bonds is 4. The Hall–Kier alpha value is -1.34. The molecule has 0 aliphatic heterocycles. The van der Waals surface area contributed by atoms with Crippen LogP contribution in [0.15, 0.2) is 35.2 Å². The van der Waals surface area contributed by atoms with Crippen molar-refractivity contribution in [3.63, 3.8) is 0 Å². The van der Waals surface area contributed by atoms with Gasteiger partial charge in [0.05, 0.1) is 11.0 Å². The summed E-state index contributed by atoms with van der Waals surface area (Å²) in [5.41, 5.74) is 0. The fourth-order valence-corrected chi connectivity index (χ4v) is 4.68. The van der Waals surface area contributed by atoms with Crippen molar-refractivity contribution in [2.24, 2.45) is 5.92 Å². The van der Waals surface area contributed by atoms with E-state index in [0.29, 0.717) is 18.8 Å². The van der Waals surface area contributed by atoms with Gasteiger partial charge in [-0.25, -0.2) is 8.42 Å². The van der Waals surface area contributed by atoms with Gasteiger partial charge < -0.3 is 0 Å². The van der Waals surface area contributed by atoms with Crippen LogP contribution in [-0.2, 0) is 9.84 Å². The molecule has 0 spiro atoms. The van der Waals surface area contributed by atoms with E-state index in [2.05, 4.69) is 13.0 Å². The van der Waals surface area contributed by atoms with Gasteiger partial charge in [-0.1, -0.05) is 38.0 Å². The lowest BCUT2D eigenvalue weighted by Crippen LogP contribution is -2.49. The normalized spacial score (nSPS) is 27.2. The summed E-state index contributed by atoms with van der Waals surface area (Å²) in [4.78, 5) is 0.265. The van der Waals surface area contributed by atoms with Crippen LogP contribution >= 0.6 is 0 Å². The van der Waals surface area contributed by atoms with Gasteiger partial charge in [0.15, 0.2) is 14.6 Å². The van der Waals surface area contributed by atoms with Gasteiger partial charge in [0.2, 0.25) is 0 Å². The van der Waals surface area contributed by atoms with E-state index in [1.54, 1.807) is 30.3 Å². The maximum atomic E-state index is 12.5. The predicted molar refractivity (Wildman–Crippen MR) is 69.6 cm³/mol. The zero-order valence-corrected chi connectivity index (χ0v) is 11.3. The molecule has 0 bridgehead atoms. The number of hydrogen-bond acceptors (Lipinski definition) is 3. The van der Waals surface area contributed by atoms with Crippen LogP contribution in [0.3, 0.4) is 0 Å². The lowest BCUT2D eigenvalue weighted by atomic mass is 9.73. The molecule has 96 valence electrons. The Kier molecular flexibility index (Phi) is 3.45. The molecule has 0 N–H and O–H groups in total. The Bertz CT molecular complexity index is 551. The van der Waals surface area contributed by atoms with Gasteiger partial charge in [0.1, 0.15) is 0 Å². The minimum atomic E-state index is -3.53. The summed E-state index contributed by atoms with van der Waals surface area (Å²) in [6, 6.07) is 10.4. The topological polar surface area (TPSA) is 57.9 Å². The third-order valence-electron chi connectivity index (χ3n) is 3.71. The minimum Gasteiger partial charge on any atom is -0.222 e. The Morgan fingerprint density at radius 2 is 1.94 bits per heavy atom. The van der Waals surface area contributed by atoms with Crippen LogP contribution in [0.25, 0.3) is 0 Å². The molecule has 3 nitrogen and oxygen atoms in total. The second-order valence-electron chi connectivity index (χ2n) is 4.99. The van der Waals surface area contributed by atoms with Crippen LogP contribution in [-0.4, -0.2) is 13.2 Å². The molecule has 0 amide bonds. The first-order valence-corrected chi connectivity index (χ1v) is 7.75. The van der Waals surface area contributed by atoms with Crippen LogP contribution in [0, 0.1) is 17.2 Å². The maximum Gasteiger partial charge on any atom is 0.197 e. The van der Waals surface area contributed by atoms with Crippen LogP contribution in [0.1, 0.15) is 32.6 Å². The molecular weight excluding hydrogens is 246 g/mol. The molecular formula is C14H17NO2S. The summed E-state index contributed by atoms with van der Waals surface area (Å²) in [7, 11) is -3.53. The van der Waals surface area contributed by atoms with E-state index in [1.807, 2.05) is 0 Å². The van der Waals surface area contributed by atoms with E-state index in [0.717, 1.165) is 12.8 Å². The molecule has 0 unspecified atom stereocenters. The highest BCUT2D eigenvalue weighted by molar-refractivity contribution is 7.93. The molecule has 4 heteroatoms. The zero-order chi connectivity index (χ0) is 13.2. The van der Waals surface area contributed by atoms with Crippen molar-refractivity contribution in [3.05, 3.63) is 30.3 Å². The van der Waals surface area contributed by atoms with Crippen molar-refractivity contribution < 1.29 is 8.42 Å². The van der Waals surface area contributed by atoms with Gasteiger partial charge >= 0.3 is 0 Å². The largest absolute Gasteiger partial charge is 0.222 e. The fraction of sp³-hybridized carbons (Fsp3) is 0.500. The molecule has 1 aliphatic carbocycles. The monoisotopic (exact) mass is 263 g/mol. The Balaban J connectivity index is 2.28. The fourth-order valence-electron chi connectivity index (χ4n) is 2.68. The molecule has 1 aliphatic rings. The smallest absolute Gasteiger partial charge is 0.197 e. The van der Waals surface area contributed by atoms with Gasteiger partial charge in [0.25, 0.3) is 0 Å². The SMILES string of the molecule is CCCC1CC(C#N)(S(=O)(=O)c2ccccc2)C1. The van der Waals surface area contributed by atoms with Gasteiger partial charge in [-0.3, -0.25) is 0 Å². The predicted octanol–water partition coefficient (Wildman–Crippen LogP) is 2.93. The average Bonchev–Trinajstić information content (AvgIpc) is 2.34. The summed E-state index contributed by atoms with van der Waals surface area (Å²) in [5, 5.41) is 9.29. The van der Waals surface area contributed by atoms with E-state index in [1.165, 1.54) is 0 Å². The first-order valence-electron chi connectivity index (χ1n) is 6.26. The Labute approximate surface area is 108 Å². The second kappa shape index (κ2) is 4.74. The molecule has 1 saturated carbocycles. The minimum absolute atomic E-state index is 0.265. The van der Waals surface area contributed by atoms with Gasteiger partial charge in [-0.2, -0.15) is 5.26 Å². The first kappa shape index (κ1) is 13.1. The highest BCUT2D eigenvalue weighted by Crippen LogP contribution is 2.47. The van der Waals surface area contributed by atoms with Crippen molar-refractivity contribution >= 4 is 9.84 Å². The third kappa shape index (κ3) is 1.93. The molecule has 18 heavy (non-hydrogen) atoms. The summed E-state index contributed by atoms with van der Waals surface area (Å²) >= 11 is 0.